The van der Waals surface area contributed by atoms with E-state index in [9.17, 15) is 8.78 Å². The van der Waals surface area contributed by atoms with Gasteiger partial charge in [-0.15, -0.1) is 0 Å². The van der Waals surface area contributed by atoms with Crippen LogP contribution in [-0.2, 0) is 12.8 Å². The molecule has 0 spiro atoms. The zero-order chi connectivity index (χ0) is 15.2. The van der Waals surface area contributed by atoms with E-state index in [1.54, 1.807) is 0 Å². The molecule has 0 aliphatic heterocycles. The minimum absolute atomic E-state index is 0.0486. The van der Waals surface area contributed by atoms with Gasteiger partial charge in [0.05, 0.1) is 0 Å². The van der Waals surface area contributed by atoms with E-state index in [4.69, 9.17) is 11.6 Å². The zero-order valence-electron chi connectivity index (χ0n) is 11.9. The van der Waals surface area contributed by atoms with Crippen molar-refractivity contribution in [3.8, 4) is 0 Å². The van der Waals surface area contributed by atoms with Crippen LogP contribution in [0.5, 0.6) is 0 Å². The van der Waals surface area contributed by atoms with Crippen molar-refractivity contribution in [2.75, 3.05) is 6.54 Å². The Hall–Kier alpha value is -1.45. The number of hydrogen-bond acceptors (Lipinski definition) is 1. The normalized spacial score (nSPS) is 12.4. The Kier molecular flexibility index (Phi) is 5.71. The number of nitrogens with one attached hydrogen (secondary N) is 1. The van der Waals surface area contributed by atoms with Crippen LogP contribution in [0.3, 0.4) is 0 Å². The van der Waals surface area contributed by atoms with E-state index in [0.29, 0.717) is 17.0 Å². The standard InChI is InChI=1S/C17H18ClF2N/c1-2-21-16(9-12-3-5-14(18)6-4-12)11-13-10-15(19)7-8-17(13)20/h3-8,10,16,21H,2,9,11H2,1H3. The molecular weight excluding hydrogens is 292 g/mol. The van der Waals surface area contributed by atoms with Crippen LogP contribution in [0.4, 0.5) is 8.78 Å². The molecule has 0 saturated carbocycles. The fourth-order valence-electron chi connectivity index (χ4n) is 2.38. The van der Waals surface area contributed by atoms with Crippen molar-refractivity contribution >= 4 is 11.6 Å². The van der Waals surface area contributed by atoms with Crippen molar-refractivity contribution in [3.05, 3.63) is 70.2 Å². The van der Waals surface area contributed by atoms with Crippen molar-refractivity contribution < 1.29 is 8.78 Å². The molecule has 0 aliphatic rings. The summed E-state index contributed by atoms with van der Waals surface area (Å²) in [4.78, 5) is 0. The molecule has 112 valence electrons. The summed E-state index contributed by atoms with van der Waals surface area (Å²) < 4.78 is 27.0. The Morgan fingerprint density at radius 2 is 1.76 bits per heavy atom. The molecule has 0 radical (unpaired) electrons. The first-order valence-corrected chi connectivity index (χ1v) is 7.38. The fraction of sp³-hybridized carbons (Fsp3) is 0.294. The highest BCUT2D eigenvalue weighted by atomic mass is 35.5. The third-order valence-corrected chi connectivity index (χ3v) is 3.61. The lowest BCUT2D eigenvalue weighted by atomic mass is 9.98. The summed E-state index contributed by atoms with van der Waals surface area (Å²) in [6, 6.07) is 11.2. The average Bonchev–Trinajstić information content (AvgIpc) is 2.45. The Morgan fingerprint density at radius 1 is 1.05 bits per heavy atom. The highest BCUT2D eigenvalue weighted by Gasteiger charge is 2.13. The lowest BCUT2D eigenvalue weighted by molar-refractivity contribution is 0.502. The van der Waals surface area contributed by atoms with Gasteiger partial charge in [-0.25, -0.2) is 8.78 Å². The van der Waals surface area contributed by atoms with Crippen LogP contribution in [0.15, 0.2) is 42.5 Å². The molecule has 2 aromatic carbocycles. The Bertz CT molecular complexity index is 584. The van der Waals surface area contributed by atoms with Gasteiger partial charge in [0.25, 0.3) is 0 Å². The maximum atomic E-state index is 13.8. The van der Waals surface area contributed by atoms with Crippen LogP contribution in [0.2, 0.25) is 5.02 Å². The predicted octanol–water partition coefficient (Wildman–Crippen LogP) is 4.38. The smallest absolute Gasteiger partial charge is 0.126 e. The van der Waals surface area contributed by atoms with Crippen molar-refractivity contribution in [2.45, 2.75) is 25.8 Å². The molecular formula is C17H18ClF2N. The van der Waals surface area contributed by atoms with E-state index < -0.39 is 5.82 Å². The van der Waals surface area contributed by atoms with E-state index >= 15 is 0 Å². The first kappa shape index (κ1) is 15.9. The molecule has 0 saturated heterocycles. The number of hydrogen-bond donors (Lipinski definition) is 1. The molecule has 1 unspecified atom stereocenters. The summed E-state index contributed by atoms with van der Waals surface area (Å²) in [6.07, 6.45) is 1.18. The third kappa shape index (κ3) is 4.80. The topological polar surface area (TPSA) is 12.0 Å². The first-order valence-electron chi connectivity index (χ1n) is 7.00. The summed E-state index contributed by atoms with van der Waals surface area (Å²) in [7, 11) is 0. The van der Waals surface area contributed by atoms with Gasteiger partial charge in [-0.3, -0.25) is 0 Å². The molecule has 0 amide bonds. The monoisotopic (exact) mass is 309 g/mol. The van der Waals surface area contributed by atoms with Crippen molar-refractivity contribution in [1.29, 1.82) is 0 Å². The molecule has 0 aromatic heterocycles. The van der Waals surface area contributed by atoms with Gasteiger partial charge in [0.2, 0.25) is 0 Å². The third-order valence-electron chi connectivity index (χ3n) is 3.36. The van der Waals surface area contributed by atoms with Crippen LogP contribution in [0, 0.1) is 11.6 Å². The molecule has 21 heavy (non-hydrogen) atoms. The molecule has 0 bridgehead atoms. The molecule has 1 nitrogen and oxygen atoms in total. The van der Waals surface area contributed by atoms with Gasteiger partial charge in [0, 0.05) is 11.1 Å². The lowest BCUT2D eigenvalue weighted by Crippen LogP contribution is -2.33. The van der Waals surface area contributed by atoms with Gasteiger partial charge < -0.3 is 5.32 Å². The SMILES string of the molecule is CCNC(Cc1ccc(Cl)cc1)Cc1cc(F)ccc1F. The van der Waals surface area contributed by atoms with Crippen LogP contribution in [-0.4, -0.2) is 12.6 Å². The molecule has 4 heteroatoms. The molecule has 1 N–H and O–H groups in total. The largest absolute Gasteiger partial charge is 0.314 e. The summed E-state index contributed by atoms with van der Waals surface area (Å²) in [6.45, 7) is 2.77. The van der Waals surface area contributed by atoms with Gasteiger partial charge in [-0.05, 0) is 60.8 Å². The molecule has 0 fully saturated rings. The number of rotatable bonds is 6. The van der Waals surface area contributed by atoms with E-state index in [1.807, 2.05) is 31.2 Å². The quantitative estimate of drug-likeness (QED) is 0.835. The van der Waals surface area contributed by atoms with E-state index in [-0.39, 0.29) is 11.9 Å². The second kappa shape index (κ2) is 7.53. The molecule has 0 aliphatic carbocycles. The minimum Gasteiger partial charge on any atom is -0.314 e. The summed E-state index contributed by atoms with van der Waals surface area (Å²) >= 11 is 5.87. The second-order valence-corrected chi connectivity index (χ2v) is 5.46. The maximum absolute atomic E-state index is 13.8. The van der Waals surface area contributed by atoms with Gasteiger partial charge >= 0.3 is 0 Å². The molecule has 2 aromatic rings. The van der Waals surface area contributed by atoms with Crippen LogP contribution in [0.1, 0.15) is 18.1 Å². The van der Waals surface area contributed by atoms with Crippen LogP contribution in [0.25, 0.3) is 0 Å². The zero-order valence-corrected chi connectivity index (χ0v) is 12.6. The number of benzene rings is 2. The Labute approximate surface area is 128 Å². The van der Waals surface area contributed by atoms with Crippen LogP contribution >= 0.6 is 11.6 Å². The van der Waals surface area contributed by atoms with E-state index in [2.05, 4.69) is 5.32 Å². The molecule has 2 rings (SSSR count). The van der Waals surface area contributed by atoms with Crippen molar-refractivity contribution in [1.82, 2.24) is 5.32 Å². The number of halogens is 3. The highest BCUT2D eigenvalue weighted by Crippen LogP contribution is 2.16. The second-order valence-electron chi connectivity index (χ2n) is 5.03. The number of likely N-dealkylation sites (N-methyl/N-ethyl adjacent to an activating group) is 1. The van der Waals surface area contributed by atoms with Gasteiger partial charge in [0.1, 0.15) is 11.6 Å². The summed E-state index contributed by atoms with van der Waals surface area (Å²) in [5.74, 6) is -0.774. The van der Waals surface area contributed by atoms with E-state index in [1.165, 1.54) is 12.1 Å². The first-order chi connectivity index (χ1) is 10.1. The maximum Gasteiger partial charge on any atom is 0.126 e. The van der Waals surface area contributed by atoms with Crippen molar-refractivity contribution in [2.24, 2.45) is 0 Å². The Balaban J connectivity index is 2.11. The van der Waals surface area contributed by atoms with Crippen molar-refractivity contribution in [3.63, 3.8) is 0 Å². The predicted molar refractivity (Wildman–Crippen MR) is 82.7 cm³/mol. The fourth-order valence-corrected chi connectivity index (χ4v) is 2.50. The van der Waals surface area contributed by atoms with E-state index in [0.717, 1.165) is 24.6 Å². The minimum atomic E-state index is -0.409. The van der Waals surface area contributed by atoms with Gasteiger partial charge in [-0.2, -0.15) is 0 Å². The Morgan fingerprint density at radius 3 is 2.43 bits per heavy atom. The van der Waals surface area contributed by atoms with Crippen LogP contribution < -0.4 is 5.32 Å². The van der Waals surface area contributed by atoms with Gasteiger partial charge in [0.15, 0.2) is 0 Å². The average molecular weight is 310 g/mol. The lowest BCUT2D eigenvalue weighted by Gasteiger charge is -2.18. The molecule has 1 atom stereocenters. The highest BCUT2D eigenvalue weighted by molar-refractivity contribution is 6.30. The molecule has 0 heterocycles. The van der Waals surface area contributed by atoms with Gasteiger partial charge in [-0.1, -0.05) is 30.7 Å². The summed E-state index contributed by atoms with van der Waals surface area (Å²) in [5, 5.41) is 4.01. The summed E-state index contributed by atoms with van der Waals surface area (Å²) in [5.41, 5.74) is 1.51.